The number of nitrogens with zero attached hydrogens (tertiary/aromatic N) is 4. The van der Waals surface area contributed by atoms with Crippen LogP contribution in [0.1, 0.15) is 10.4 Å². The Balaban J connectivity index is 2.04. The van der Waals surface area contributed by atoms with Crippen molar-refractivity contribution in [1.82, 2.24) is 19.5 Å². The Morgan fingerprint density at radius 3 is 2.82 bits per heavy atom. The van der Waals surface area contributed by atoms with Crippen LogP contribution in [0.25, 0.3) is 11.0 Å². The average molecular weight is 313 g/mol. The molecule has 8 heteroatoms. The number of aryl methyl sites for hydroxylation is 1. The lowest BCUT2D eigenvalue weighted by atomic mass is 10.2. The molecule has 0 bridgehead atoms. The Bertz CT molecular complexity index is 817. The fourth-order valence-electron chi connectivity index (χ4n) is 2.18. The first-order valence-electron chi connectivity index (χ1n) is 6.59. The quantitative estimate of drug-likeness (QED) is 0.766. The maximum Gasteiger partial charge on any atom is 0.259 e. The average Bonchev–Trinajstić information content (AvgIpc) is 2.94. The number of rotatable bonds is 4. The maximum absolute atomic E-state index is 12.5. The highest BCUT2D eigenvalue weighted by molar-refractivity contribution is 7.80. The molecule has 0 unspecified atom stereocenters. The molecule has 111 valence electrons. The highest BCUT2D eigenvalue weighted by atomic mass is 32.1. The monoisotopic (exact) mass is 313 g/mol. The van der Waals surface area contributed by atoms with Gasteiger partial charge in [0.1, 0.15) is 5.52 Å². The van der Waals surface area contributed by atoms with Crippen molar-refractivity contribution in [3.8, 4) is 0 Å². The Labute approximate surface area is 132 Å². The molecule has 1 radical (unpaired) electrons. The molecule has 7 nitrogen and oxygen atoms in total. The summed E-state index contributed by atoms with van der Waals surface area (Å²) in [5, 5.41) is 2.80. The van der Waals surface area contributed by atoms with Gasteiger partial charge in [-0.1, -0.05) is 12.6 Å². The lowest BCUT2D eigenvalue weighted by molar-refractivity contribution is 0.102. The molecular weight excluding hydrogens is 300 g/mol. The summed E-state index contributed by atoms with van der Waals surface area (Å²) >= 11 is 5.01. The fourth-order valence-corrected chi connectivity index (χ4v) is 2.37. The zero-order chi connectivity index (χ0) is 15.5. The standard InChI is InChI=1S/C14H13N6OS/c15-13-11-12(20(5-6-22)8-18-11)10(7-17-13)14(21)19-9-1-3-16-4-2-9/h1-4,7-8H,5-6H2,(H2,15,17)(H,16,19,21). The summed E-state index contributed by atoms with van der Waals surface area (Å²) in [5.74, 6) is 0.521. The van der Waals surface area contributed by atoms with Crippen LogP contribution in [0.5, 0.6) is 0 Å². The van der Waals surface area contributed by atoms with Crippen LogP contribution in [-0.4, -0.2) is 31.2 Å². The van der Waals surface area contributed by atoms with Crippen LogP contribution in [0.4, 0.5) is 11.5 Å². The number of anilines is 2. The molecule has 3 N–H and O–H groups in total. The predicted octanol–water partition coefficient (Wildman–Crippen LogP) is 1.86. The first-order valence-corrected chi connectivity index (χ1v) is 7.17. The van der Waals surface area contributed by atoms with Crippen LogP contribution < -0.4 is 11.1 Å². The number of fused-ring (bicyclic) bond motifs is 1. The summed E-state index contributed by atoms with van der Waals surface area (Å²) in [6, 6.07) is 3.42. The number of carbonyl (C=O) groups excluding carboxylic acids is 1. The number of nitrogens with two attached hydrogens (primary N) is 1. The molecule has 3 heterocycles. The van der Waals surface area contributed by atoms with E-state index in [9.17, 15) is 4.79 Å². The molecule has 3 aromatic heterocycles. The Morgan fingerprint density at radius 2 is 2.09 bits per heavy atom. The van der Waals surface area contributed by atoms with Crippen LogP contribution in [0.3, 0.4) is 0 Å². The van der Waals surface area contributed by atoms with Crippen molar-refractivity contribution in [2.75, 3.05) is 16.8 Å². The van der Waals surface area contributed by atoms with E-state index in [1.807, 2.05) is 4.57 Å². The van der Waals surface area contributed by atoms with Gasteiger partial charge in [-0.25, -0.2) is 9.97 Å². The number of aromatic nitrogens is 4. The molecule has 0 spiro atoms. The third-order valence-corrected chi connectivity index (χ3v) is 3.37. The number of amides is 1. The molecule has 0 aliphatic heterocycles. The summed E-state index contributed by atoms with van der Waals surface area (Å²) in [5.41, 5.74) is 8.04. The molecule has 0 aliphatic rings. The number of carbonyl (C=O) groups is 1. The van der Waals surface area contributed by atoms with Crippen molar-refractivity contribution >= 4 is 41.1 Å². The summed E-state index contributed by atoms with van der Waals surface area (Å²) in [7, 11) is 0. The van der Waals surface area contributed by atoms with Gasteiger partial charge in [-0.3, -0.25) is 9.78 Å². The highest BCUT2D eigenvalue weighted by Crippen LogP contribution is 2.22. The lowest BCUT2D eigenvalue weighted by Crippen LogP contribution is -2.15. The van der Waals surface area contributed by atoms with Crippen molar-refractivity contribution in [1.29, 1.82) is 0 Å². The van der Waals surface area contributed by atoms with Crippen LogP contribution in [0, 0.1) is 0 Å². The molecule has 3 rings (SSSR count). The van der Waals surface area contributed by atoms with Crippen molar-refractivity contribution in [3.63, 3.8) is 0 Å². The fraction of sp³-hybridized carbons (Fsp3) is 0.143. The number of nitrogens with one attached hydrogen (secondary N) is 1. The zero-order valence-corrected chi connectivity index (χ0v) is 12.4. The van der Waals surface area contributed by atoms with Gasteiger partial charge in [0.15, 0.2) is 5.82 Å². The minimum absolute atomic E-state index is 0.283. The summed E-state index contributed by atoms with van der Waals surface area (Å²) in [6.07, 6.45) is 6.29. The first kappa shape index (κ1) is 14.3. The van der Waals surface area contributed by atoms with E-state index in [1.165, 1.54) is 6.20 Å². The second-order valence-corrected chi connectivity index (χ2v) is 4.99. The van der Waals surface area contributed by atoms with Gasteiger partial charge in [-0.05, 0) is 12.1 Å². The molecule has 22 heavy (non-hydrogen) atoms. The predicted molar refractivity (Wildman–Crippen MR) is 86.6 cm³/mol. The SMILES string of the molecule is Nc1ncc(C(=O)Nc2ccncc2)c2c1ncn2CC[S]. The summed E-state index contributed by atoms with van der Waals surface area (Å²) < 4.78 is 1.82. The highest BCUT2D eigenvalue weighted by Gasteiger charge is 2.17. The van der Waals surface area contributed by atoms with Gasteiger partial charge in [-0.15, -0.1) is 0 Å². The zero-order valence-electron chi connectivity index (χ0n) is 11.6. The van der Waals surface area contributed by atoms with E-state index < -0.39 is 0 Å². The van der Waals surface area contributed by atoms with Crippen LogP contribution in [0.15, 0.2) is 37.1 Å². The van der Waals surface area contributed by atoms with Gasteiger partial charge >= 0.3 is 0 Å². The largest absolute Gasteiger partial charge is 0.382 e. The molecule has 0 fully saturated rings. The van der Waals surface area contributed by atoms with E-state index in [0.717, 1.165) is 0 Å². The number of hydrogen-bond acceptors (Lipinski definition) is 5. The van der Waals surface area contributed by atoms with E-state index in [-0.39, 0.29) is 5.91 Å². The first-order chi connectivity index (χ1) is 10.7. The maximum atomic E-state index is 12.5. The number of imidazole rings is 1. The van der Waals surface area contributed by atoms with E-state index in [1.54, 1.807) is 30.9 Å². The smallest absolute Gasteiger partial charge is 0.259 e. The molecule has 0 aromatic carbocycles. The van der Waals surface area contributed by atoms with Crippen molar-refractivity contribution < 1.29 is 4.79 Å². The van der Waals surface area contributed by atoms with E-state index in [0.29, 0.717) is 40.4 Å². The van der Waals surface area contributed by atoms with Gasteiger partial charge in [0.2, 0.25) is 0 Å². The molecule has 0 saturated heterocycles. The Hall–Kier alpha value is -2.61. The summed E-state index contributed by atoms with van der Waals surface area (Å²) in [4.78, 5) is 24.7. The topological polar surface area (TPSA) is 98.7 Å². The van der Waals surface area contributed by atoms with E-state index in [4.69, 9.17) is 18.4 Å². The molecular formula is C14H13N6OS. The third-order valence-electron chi connectivity index (χ3n) is 3.18. The van der Waals surface area contributed by atoms with Crippen molar-refractivity contribution in [2.45, 2.75) is 6.54 Å². The van der Waals surface area contributed by atoms with Crippen molar-refractivity contribution in [3.05, 3.63) is 42.6 Å². The van der Waals surface area contributed by atoms with Gasteiger partial charge in [0.25, 0.3) is 5.91 Å². The Kier molecular flexibility index (Phi) is 3.92. The minimum atomic E-state index is -0.283. The van der Waals surface area contributed by atoms with E-state index >= 15 is 0 Å². The third kappa shape index (κ3) is 2.60. The molecule has 0 atom stereocenters. The van der Waals surface area contributed by atoms with Gasteiger partial charge in [0.05, 0.1) is 17.4 Å². The van der Waals surface area contributed by atoms with Crippen LogP contribution >= 0.6 is 12.6 Å². The van der Waals surface area contributed by atoms with Gasteiger partial charge < -0.3 is 15.6 Å². The normalized spacial score (nSPS) is 10.8. The Morgan fingerprint density at radius 1 is 1.32 bits per heavy atom. The number of nitrogen functional groups attached to an aromatic ring is 1. The minimum Gasteiger partial charge on any atom is -0.382 e. The lowest BCUT2D eigenvalue weighted by Gasteiger charge is -2.09. The van der Waals surface area contributed by atoms with Crippen LogP contribution in [0.2, 0.25) is 0 Å². The molecule has 0 saturated carbocycles. The van der Waals surface area contributed by atoms with Gasteiger partial charge in [-0.2, -0.15) is 0 Å². The number of pyridine rings is 2. The second kappa shape index (κ2) is 6.02. The molecule has 1 amide bonds. The number of hydrogen-bond donors (Lipinski definition) is 2. The van der Waals surface area contributed by atoms with Gasteiger partial charge in [0, 0.05) is 36.6 Å². The van der Waals surface area contributed by atoms with Crippen molar-refractivity contribution in [2.24, 2.45) is 0 Å². The van der Waals surface area contributed by atoms with E-state index in [2.05, 4.69) is 20.3 Å². The van der Waals surface area contributed by atoms with Crippen LogP contribution in [-0.2, 0) is 6.54 Å². The second-order valence-electron chi connectivity index (χ2n) is 4.59. The molecule has 3 aromatic rings. The molecule has 0 aliphatic carbocycles. The summed E-state index contributed by atoms with van der Waals surface area (Å²) in [6.45, 7) is 0.574.